The van der Waals surface area contributed by atoms with E-state index in [2.05, 4.69) is 33.1 Å². The Morgan fingerprint density at radius 1 is 0.884 bits per heavy atom. The average Bonchev–Trinajstić information content (AvgIpc) is 4.13. The fourth-order valence-corrected chi connectivity index (χ4v) is 10.8. The lowest BCUT2D eigenvalue weighted by Crippen LogP contribution is -2.62. The van der Waals surface area contributed by atoms with Crippen LogP contribution in [0.2, 0.25) is 0 Å². The number of nitrogens with one attached hydrogen (secondary N) is 3. The van der Waals surface area contributed by atoms with Crippen molar-refractivity contribution in [2.24, 2.45) is 17.8 Å². The Labute approximate surface area is 412 Å². The normalized spacial score (nSPS) is 17.7. The maximum atomic E-state index is 14.6. The second kappa shape index (κ2) is 23.8. The Morgan fingerprint density at radius 3 is 2.10 bits per heavy atom. The van der Waals surface area contributed by atoms with Gasteiger partial charge >= 0.3 is 6.09 Å². The molecule has 2 heterocycles. The van der Waals surface area contributed by atoms with E-state index in [-0.39, 0.29) is 60.6 Å². The third kappa shape index (κ3) is 12.4. The Morgan fingerprint density at radius 2 is 1.52 bits per heavy atom. The SMILES string of the molecule is CCC(C)C(C(CC(=O)N1CCC[C@H]1C(OC)C(C)C(=O)NC(Cc1ccccc1)c1nccs1)OC)N(C)C(=O)C(NC(=O)C(C)(C)NC(=O)OCC1c2ccccc2-c2ccccc21)C(C)C. The number of nitrogens with zero attached hydrogens (tertiary/aromatic N) is 3. The number of hydrogen-bond donors (Lipinski definition) is 3. The highest BCUT2D eigenvalue weighted by molar-refractivity contribution is 7.09. The fourth-order valence-electron chi connectivity index (χ4n) is 10.1. The summed E-state index contributed by atoms with van der Waals surface area (Å²) in [6.07, 6.45) is 2.35. The molecule has 6 rings (SSSR count). The minimum atomic E-state index is -1.44. The van der Waals surface area contributed by atoms with E-state index < -0.39 is 47.7 Å². The predicted octanol–water partition coefficient (Wildman–Crippen LogP) is 7.92. The van der Waals surface area contributed by atoms with Gasteiger partial charge in [-0.1, -0.05) is 120 Å². The van der Waals surface area contributed by atoms with Crippen molar-refractivity contribution in [1.82, 2.24) is 30.7 Å². The molecule has 3 aromatic carbocycles. The standard InChI is InChI=1S/C54H72N6O8S/c1-11-34(4)47(44(66-9)31-45(61)60-28-19-26-43(60)48(67-10)35(5)49(62)56-42(50-55-27-29-69-50)30-36-20-13-12-14-21-36)59(8)51(63)46(33(2)3)57-52(64)54(6,7)58-53(65)68-32-41-39-24-17-15-22-37(39)38-23-16-18-25-40(38)41/h12-18,20-25,27,29,33-35,41-44,46-48H,11,19,26,28,30-32H2,1-10H3,(H,56,62)(H,57,64)(H,58,65)/t34?,35?,42?,43-,44?,46?,47?,48?/m0/s1. The van der Waals surface area contributed by atoms with E-state index in [1.54, 1.807) is 46.2 Å². The molecule has 1 aromatic heterocycles. The number of benzene rings is 3. The van der Waals surface area contributed by atoms with E-state index in [9.17, 15) is 24.0 Å². The molecule has 69 heavy (non-hydrogen) atoms. The number of carbonyl (C=O) groups excluding carboxylic acids is 5. The van der Waals surface area contributed by atoms with Crippen molar-refractivity contribution >= 4 is 41.1 Å². The molecule has 2 aliphatic rings. The first kappa shape index (κ1) is 52.7. The van der Waals surface area contributed by atoms with Crippen molar-refractivity contribution in [2.45, 2.75) is 128 Å². The molecular formula is C54H72N6O8S. The van der Waals surface area contributed by atoms with Crippen LogP contribution in [-0.4, -0.2) is 115 Å². The van der Waals surface area contributed by atoms with Crippen LogP contribution < -0.4 is 16.0 Å². The summed E-state index contributed by atoms with van der Waals surface area (Å²) in [5, 5.41) is 11.6. The van der Waals surface area contributed by atoms with Crippen LogP contribution in [-0.2, 0) is 39.8 Å². The predicted molar refractivity (Wildman–Crippen MR) is 268 cm³/mol. The number of thiazole rings is 1. The molecule has 1 aliphatic carbocycles. The van der Waals surface area contributed by atoms with Gasteiger partial charge in [-0.25, -0.2) is 9.78 Å². The van der Waals surface area contributed by atoms with E-state index in [1.807, 2.05) is 112 Å². The minimum Gasteiger partial charge on any atom is -0.449 e. The van der Waals surface area contributed by atoms with Crippen LogP contribution in [0.1, 0.15) is 108 Å². The number of ether oxygens (including phenoxy) is 3. The fraction of sp³-hybridized carbons (Fsp3) is 0.519. The van der Waals surface area contributed by atoms with Gasteiger partial charge < -0.3 is 40.0 Å². The van der Waals surface area contributed by atoms with Gasteiger partial charge in [0, 0.05) is 45.3 Å². The van der Waals surface area contributed by atoms with Gasteiger partial charge in [-0.15, -0.1) is 11.3 Å². The Balaban J connectivity index is 1.09. The van der Waals surface area contributed by atoms with Crippen molar-refractivity contribution in [3.63, 3.8) is 0 Å². The van der Waals surface area contributed by atoms with Crippen LogP contribution in [0, 0.1) is 17.8 Å². The second-order valence-electron chi connectivity index (χ2n) is 19.5. The Hall–Kier alpha value is -5.64. The zero-order chi connectivity index (χ0) is 50.0. The highest BCUT2D eigenvalue weighted by Crippen LogP contribution is 2.44. The summed E-state index contributed by atoms with van der Waals surface area (Å²) < 4.78 is 17.9. The van der Waals surface area contributed by atoms with E-state index in [4.69, 9.17) is 14.2 Å². The van der Waals surface area contributed by atoms with Crippen molar-refractivity contribution < 1.29 is 38.2 Å². The highest BCUT2D eigenvalue weighted by atomic mass is 32.1. The first-order valence-electron chi connectivity index (χ1n) is 24.3. The lowest BCUT2D eigenvalue weighted by molar-refractivity contribution is -0.148. The average molecular weight is 965 g/mol. The number of aromatic nitrogens is 1. The third-order valence-corrected chi connectivity index (χ3v) is 15.0. The van der Waals surface area contributed by atoms with Crippen LogP contribution >= 0.6 is 11.3 Å². The van der Waals surface area contributed by atoms with Crippen molar-refractivity contribution in [2.75, 3.05) is 34.4 Å². The van der Waals surface area contributed by atoms with Gasteiger partial charge in [-0.05, 0) is 72.8 Å². The summed E-state index contributed by atoms with van der Waals surface area (Å²) in [5.41, 5.74) is 3.99. The number of likely N-dealkylation sites (N-methyl/N-ethyl adjacent to an activating group) is 1. The van der Waals surface area contributed by atoms with E-state index in [0.29, 0.717) is 25.8 Å². The number of fused-ring (bicyclic) bond motifs is 3. The Kier molecular flexibility index (Phi) is 18.2. The highest BCUT2D eigenvalue weighted by Gasteiger charge is 2.44. The molecule has 5 amide bonds. The zero-order valence-electron chi connectivity index (χ0n) is 41.9. The molecule has 0 bridgehead atoms. The van der Waals surface area contributed by atoms with Crippen molar-refractivity contribution in [3.05, 3.63) is 112 Å². The number of rotatable bonds is 22. The van der Waals surface area contributed by atoms with E-state index in [1.165, 1.54) is 11.3 Å². The molecule has 1 saturated heterocycles. The van der Waals surface area contributed by atoms with E-state index in [0.717, 1.165) is 39.2 Å². The number of amides is 5. The minimum absolute atomic E-state index is 0.0182. The molecule has 1 fully saturated rings. The quantitative estimate of drug-likeness (QED) is 0.0709. The maximum Gasteiger partial charge on any atom is 0.408 e. The summed E-state index contributed by atoms with van der Waals surface area (Å²) in [6, 6.07) is 23.9. The zero-order valence-corrected chi connectivity index (χ0v) is 42.7. The van der Waals surface area contributed by atoms with Gasteiger partial charge in [0.25, 0.3) is 0 Å². The molecule has 1 aliphatic heterocycles. The molecule has 372 valence electrons. The number of methoxy groups -OCH3 is 2. The van der Waals surface area contributed by atoms with Crippen LogP contribution in [0.15, 0.2) is 90.4 Å². The van der Waals surface area contributed by atoms with Crippen molar-refractivity contribution in [3.8, 4) is 11.1 Å². The maximum absolute atomic E-state index is 14.6. The molecule has 0 radical (unpaired) electrons. The smallest absolute Gasteiger partial charge is 0.408 e. The molecule has 0 spiro atoms. The molecule has 14 nitrogen and oxygen atoms in total. The molecule has 3 N–H and O–H groups in total. The summed E-state index contributed by atoms with van der Waals surface area (Å²) in [4.78, 5) is 78.3. The van der Waals surface area contributed by atoms with Crippen LogP contribution in [0.25, 0.3) is 11.1 Å². The van der Waals surface area contributed by atoms with Gasteiger partial charge in [-0.2, -0.15) is 0 Å². The van der Waals surface area contributed by atoms with Crippen LogP contribution in [0.5, 0.6) is 0 Å². The lowest BCUT2D eigenvalue weighted by Gasteiger charge is -2.41. The molecule has 4 aromatic rings. The summed E-state index contributed by atoms with van der Waals surface area (Å²) in [7, 11) is 4.82. The topological polar surface area (TPSA) is 168 Å². The molecule has 0 saturated carbocycles. The number of carbonyl (C=O) groups is 5. The molecule has 15 heteroatoms. The first-order chi connectivity index (χ1) is 33.0. The van der Waals surface area contributed by atoms with Gasteiger partial charge in [0.1, 0.15) is 23.2 Å². The largest absolute Gasteiger partial charge is 0.449 e. The number of hydrogen-bond acceptors (Lipinski definition) is 10. The van der Waals surface area contributed by atoms with Crippen LogP contribution in [0.4, 0.5) is 4.79 Å². The van der Waals surface area contributed by atoms with Crippen LogP contribution in [0.3, 0.4) is 0 Å². The second-order valence-corrected chi connectivity index (χ2v) is 20.4. The summed E-state index contributed by atoms with van der Waals surface area (Å²) >= 11 is 1.49. The van der Waals surface area contributed by atoms with Crippen molar-refractivity contribution in [1.29, 1.82) is 0 Å². The van der Waals surface area contributed by atoms with Gasteiger partial charge in [0.15, 0.2) is 0 Å². The number of likely N-dealkylation sites (tertiary alicyclic amines) is 1. The van der Waals surface area contributed by atoms with Gasteiger partial charge in [0.2, 0.25) is 23.6 Å². The Bertz CT molecular complexity index is 2320. The monoisotopic (exact) mass is 965 g/mol. The van der Waals surface area contributed by atoms with Gasteiger partial charge in [-0.3, -0.25) is 19.2 Å². The third-order valence-electron chi connectivity index (χ3n) is 14.2. The summed E-state index contributed by atoms with van der Waals surface area (Å²) in [5.74, 6) is -2.43. The lowest BCUT2D eigenvalue weighted by atomic mass is 9.89. The first-order valence-corrected chi connectivity index (χ1v) is 25.2. The number of alkyl carbamates (subject to hydrolysis) is 1. The molecular weight excluding hydrogens is 893 g/mol. The molecule has 8 atom stereocenters. The summed E-state index contributed by atoms with van der Waals surface area (Å²) in [6.45, 7) is 13.3. The molecule has 7 unspecified atom stereocenters. The van der Waals surface area contributed by atoms with E-state index >= 15 is 0 Å². The van der Waals surface area contributed by atoms with Gasteiger partial charge in [0.05, 0.1) is 42.7 Å².